The molecule has 0 aliphatic rings. The van der Waals surface area contributed by atoms with Crippen molar-refractivity contribution in [2.75, 3.05) is 7.11 Å². The summed E-state index contributed by atoms with van der Waals surface area (Å²) in [5, 5.41) is 3.45. The lowest BCUT2D eigenvalue weighted by Crippen LogP contribution is -2.24. The van der Waals surface area contributed by atoms with E-state index in [2.05, 4.69) is 5.32 Å². The molecule has 2 aromatic rings. The van der Waals surface area contributed by atoms with Gasteiger partial charge in [-0.1, -0.05) is 48.0 Å². The number of ether oxygens (including phenoxy) is 1. The van der Waals surface area contributed by atoms with Crippen molar-refractivity contribution in [3.05, 3.63) is 64.7 Å². The Hall–Kier alpha value is -2.00. The first-order valence-corrected chi connectivity index (χ1v) is 6.70. The van der Waals surface area contributed by atoms with Crippen LogP contribution in [0.4, 0.5) is 0 Å². The van der Waals surface area contributed by atoms with Crippen molar-refractivity contribution in [1.82, 2.24) is 5.32 Å². The summed E-state index contributed by atoms with van der Waals surface area (Å²) in [7, 11) is 1.59. The zero-order valence-corrected chi connectivity index (χ0v) is 12.0. The lowest BCUT2D eigenvalue weighted by Gasteiger charge is -2.08. The molecule has 0 unspecified atom stereocenters. The van der Waals surface area contributed by atoms with Crippen molar-refractivity contribution >= 4 is 17.5 Å². The molecule has 0 aliphatic heterocycles. The van der Waals surface area contributed by atoms with Gasteiger partial charge < -0.3 is 10.1 Å². The van der Waals surface area contributed by atoms with Gasteiger partial charge in [0.15, 0.2) is 0 Å². The molecule has 1 N–H and O–H groups in total. The summed E-state index contributed by atoms with van der Waals surface area (Å²) < 4.78 is 5.08. The molecule has 0 saturated carbocycles. The number of methoxy groups -OCH3 is 1. The number of amides is 1. The lowest BCUT2D eigenvalue weighted by atomic mass is 10.1. The molecule has 0 aromatic heterocycles. The highest BCUT2D eigenvalue weighted by Crippen LogP contribution is 2.22. The summed E-state index contributed by atoms with van der Waals surface area (Å²) in [5.41, 5.74) is 1.86. The van der Waals surface area contributed by atoms with Gasteiger partial charge in [0.2, 0.25) is 5.91 Å². The van der Waals surface area contributed by atoms with E-state index in [1.807, 2.05) is 42.5 Å². The molecule has 3 nitrogen and oxygen atoms in total. The van der Waals surface area contributed by atoms with Gasteiger partial charge in [-0.2, -0.15) is 0 Å². The predicted molar refractivity (Wildman–Crippen MR) is 80.0 cm³/mol. The molecule has 0 spiro atoms. The van der Waals surface area contributed by atoms with Gasteiger partial charge in [0.05, 0.1) is 13.5 Å². The summed E-state index contributed by atoms with van der Waals surface area (Å²) in [6.07, 6.45) is 0.370. The maximum absolute atomic E-state index is 11.8. The summed E-state index contributed by atoms with van der Waals surface area (Å²) >= 11 is 6.12. The molecule has 0 heterocycles. The van der Waals surface area contributed by atoms with Crippen molar-refractivity contribution < 1.29 is 9.53 Å². The van der Waals surface area contributed by atoms with E-state index in [1.165, 1.54) is 0 Å². The molecule has 2 aromatic carbocycles. The fraction of sp³-hybridized carbons (Fsp3) is 0.188. The minimum Gasteiger partial charge on any atom is -0.497 e. The molecule has 1 amide bonds. The molecule has 104 valence electrons. The van der Waals surface area contributed by atoms with Gasteiger partial charge in [-0.3, -0.25) is 4.79 Å². The van der Waals surface area contributed by atoms with E-state index >= 15 is 0 Å². The Morgan fingerprint density at radius 3 is 2.60 bits per heavy atom. The number of carbonyl (C=O) groups excluding carboxylic acids is 1. The molecule has 20 heavy (non-hydrogen) atoms. The lowest BCUT2D eigenvalue weighted by molar-refractivity contribution is -0.120. The molecule has 0 aliphatic carbocycles. The molecule has 2 rings (SSSR count). The Balaban J connectivity index is 1.90. The Kier molecular flexibility index (Phi) is 5.02. The van der Waals surface area contributed by atoms with Crippen LogP contribution in [0.5, 0.6) is 5.75 Å². The number of hydrogen-bond donors (Lipinski definition) is 1. The zero-order chi connectivity index (χ0) is 14.4. The normalized spacial score (nSPS) is 10.1. The predicted octanol–water partition coefficient (Wildman–Crippen LogP) is 3.21. The van der Waals surface area contributed by atoms with E-state index in [4.69, 9.17) is 16.3 Å². The van der Waals surface area contributed by atoms with Crippen molar-refractivity contribution in [3.8, 4) is 5.75 Å². The van der Waals surface area contributed by atoms with Crippen LogP contribution >= 0.6 is 11.6 Å². The second-order valence-electron chi connectivity index (χ2n) is 4.40. The Morgan fingerprint density at radius 1 is 1.20 bits per heavy atom. The molecule has 0 radical (unpaired) electrons. The van der Waals surface area contributed by atoms with Crippen LogP contribution in [-0.4, -0.2) is 13.0 Å². The molecule has 0 atom stereocenters. The zero-order valence-electron chi connectivity index (χ0n) is 11.2. The molecular weight excluding hydrogens is 274 g/mol. The summed E-state index contributed by atoms with van der Waals surface area (Å²) in [6, 6.07) is 15.0. The van der Waals surface area contributed by atoms with Gasteiger partial charge in [0, 0.05) is 11.6 Å². The Bertz CT molecular complexity index is 584. The quantitative estimate of drug-likeness (QED) is 0.918. The average Bonchev–Trinajstić information content (AvgIpc) is 2.47. The van der Waals surface area contributed by atoms with Crippen molar-refractivity contribution in [2.24, 2.45) is 0 Å². The molecule has 4 heteroatoms. The number of carbonyl (C=O) groups is 1. The second-order valence-corrected chi connectivity index (χ2v) is 4.80. The average molecular weight is 290 g/mol. The molecule has 0 saturated heterocycles. The second kappa shape index (κ2) is 6.96. The Labute approximate surface area is 123 Å². The number of benzene rings is 2. The smallest absolute Gasteiger partial charge is 0.224 e. The number of hydrogen-bond acceptors (Lipinski definition) is 2. The van der Waals surface area contributed by atoms with Crippen LogP contribution in [0.15, 0.2) is 48.5 Å². The fourth-order valence-corrected chi connectivity index (χ4v) is 2.07. The van der Waals surface area contributed by atoms with Gasteiger partial charge in [-0.15, -0.1) is 0 Å². The van der Waals surface area contributed by atoms with Gasteiger partial charge in [0.25, 0.3) is 0 Å². The Morgan fingerprint density at radius 2 is 1.95 bits per heavy atom. The van der Waals surface area contributed by atoms with E-state index in [0.717, 1.165) is 11.1 Å². The fourth-order valence-electron chi connectivity index (χ4n) is 1.84. The summed E-state index contributed by atoms with van der Waals surface area (Å²) in [5.74, 6) is 0.678. The maximum atomic E-state index is 11.8. The highest BCUT2D eigenvalue weighted by atomic mass is 35.5. The highest BCUT2D eigenvalue weighted by Gasteiger charge is 2.06. The number of halogens is 1. The third kappa shape index (κ3) is 4.00. The van der Waals surface area contributed by atoms with Gasteiger partial charge >= 0.3 is 0 Å². The number of rotatable bonds is 5. The van der Waals surface area contributed by atoms with Crippen LogP contribution in [-0.2, 0) is 17.8 Å². The standard InChI is InChI=1S/C16H16ClNO2/c1-20-14-8-7-13(15(17)10-14)11-18-16(19)9-12-5-3-2-4-6-12/h2-8,10H,9,11H2,1H3,(H,18,19). The van der Waals surface area contributed by atoms with Crippen molar-refractivity contribution in [2.45, 2.75) is 13.0 Å². The summed E-state index contributed by atoms with van der Waals surface area (Å²) in [4.78, 5) is 11.8. The van der Waals surface area contributed by atoms with Crippen LogP contribution in [0.2, 0.25) is 5.02 Å². The number of nitrogens with one attached hydrogen (secondary N) is 1. The van der Waals surface area contributed by atoms with Gasteiger partial charge in [-0.05, 0) is 23.3 Å². The van der Waals surface area contributed by atoms with Crippen LogP contribution in [0.3, 0.4) is 0 Å². The topological polar surface area (TPSA) is 38.3 Å². The van der Waals surface area contributed by atoms with Gasteiger partial charge in [-0.25, -0.2) is 0 Å². The van der Waals surface area contributed by atoms with E-state index in [-0.39, 0.29) is 5.91 Å². The van der Waals surface area contributed by atoms with Crippen LogP contribution in [0, 0.1) is 0 Å². The monoisotopic (exact) mass is 289 g/mol. The van der Waals surface area contributed by atoms with Crippen LogP contribution in [0.1, 0.15) is 11.1 Å². The highest BCUT2D eigenvalue weighted by molar-refractivity contribution is 6.31. The van der Waals surface area contributed by atoms with E-state index in [1.54, 1.807) is 13.2 Å². The van der Waals surface area contributed by atoms with Crippen LogP contribution < -0.4 is 10.1 Å². The van der Waals surface area contributed by atoms with Crippen molar-refractivity contribution in [3.63, 3.8) is 0 Å². The largest absolute Gasteiger partial charge is 0.497 e. The summed E-state index contributed by atoms with van der Waals surface area (Å²) in [6.45, 7) is 0.411. The molecule has 0 fully saturated rings. The third-order valence-corrected chi connectivity index (χ3v) is 3.30. The minimum absolute atomic E-state index is 0.0249. The first kappa shape index (κ1) is 14.4. The first-order valence-electron chi connectivity index (χ1n) is 6.32. The minimum atomic E-state index is -0.0249. The molecule has 0 bridgehead atoms. The maximum Gasteiger partial charge on any atom is 0.224 e. The van der Waals surface area contributed by atoms with E-state index in [9.17, 15) is 4.79 Å². The van der Waals surface area contributed by atoms with Gasteiger partial charge in [0.1, 0.15) is 5.75 Å². The van der Waals surface area contributed by atoms with Crippen molar-refractivity contribution in [1.29, 1.82) is 0 Å². The van der Waals surface area contributed by atoms with E-state index in [0.29, 0.717) is 23.7 Å². The SMILES string of the molecule is COc1ccc(CNC(=O)Cc2ccccc2)c(Cl)c1. The third-order valence-electron chi connectivity index (χ3n) is 2.94. The molecular formula is C16H16ClNO2. The van der Waals surface area contributed by atoms with E-state index < -0.39 is 0 Å². The first-order chi connectivity index (χ1) is 9.69. The van der Waals surface area contributed by atoms with Crippen LogP contribution in [0.25, 0.3) is 0 Å².